The lowest BCUT2D eigenvalue weighted by atomic mass is 10.3. The third kappa shape index (κ3) is 5.22. The van der Waals surface area contributed by atoms with Gasteiger partial charge in [-0.3, -0.25) is 0 Å². The maximum atomic E-state index is 12.9. The number of benzene rings is 1. The Morgan fingerprint density at radius 1 is 0.938 bits per heavy atom. The lowest BCUT2D eigenvalue weighted by Crippen LogP contribution is -2.49. The molecular weight excluding hydrogens is 451 g/mol. The fourth-order valence-corrected chi connectivity index (χ4v) is 5.04. The number of alkyl halides is 3. The first-order chi connectivity index (χ1) is 15.2. The normalized spacial score (nSPS) is 18.6. The second-order valence-corrected chi connectivity index (χ2v) is 9.22. The Morgan fingerprint density at radius 2 is 1.59 bits per heavy atom. The number of halogens is 3. The van der Waals surface area contributed by atoms with E-state index in [1.165, 1.54) is 4.31 Å². The summed E-state index contributed by atoms with van der Waals surface area (Å²) in [6, 6.07) is 6.13. The van der Waals surface area contributed by atoms with Crippen LogP contribution >= 0.6 is 0 Å². The lowest BCUT2D eigenvalue weighted by Gasteiger charge is -2.35. The van der Waals surface area contributed by atoms with Crippen molar-refractivity contribution < 1.29 is 31.1 Å². The van der Waals surface area contributed by atoms with E-state index in [9.17, 15) is 21.6 Å². The first kappa shape index (κ1) is 22.6. The summed E-state index contributed by atoms with van der Waals surface area (Å²) in [4.78, 5) is 4.03. The summed E-state index contributed by atoms with van der Waals surface area (Å²) in [5.74, 6) is 0.194. The van der Waals surface area contributed by atoms with Crippen LogP contribution in [0.1, 0.15) is 0 Å². The number of hydrogen-bond acceptors (Lipinski definition) is 8. The molecule has 0 amide bonds. The van der Waals surface area contributed by atoms with Crippen molar-refractivity contribution in [2.24, 2.45) is 0 Å². The monoisotopic (exact) mass is 473 g/mol. The van der Waals surface area contributed by atoms with Gasteiger partial charge in [0.25, 0.3) is 0 Å². The molecule has 0 bridgehead atoms. The summed E-state index contributed by atoms with van der Waals surface area (Å²) < 4.78 is 73.1. The number of nitrogens with zero attached hydrogens (tertiary/aromatic N) is 5. The van der Waals surface area contributed by atoms with Gasteiger partial charge < -0.3 is 19.3 Å². The number of sulfonamides is 1. The molecule has 0 radical (unpaired) electrons. The van der Waals surface area contributed by atoms with Gasteiger partial charge in [-0.1, -0.05) is 0 Å². The molecule has 0 N–H and O–H groups in total. The third-order valence-electron chi connectivity index (χ3n) is 5.26. The molecule has 13 heteroatoms. The van der Waals surface area contributed by atoms with Crippen LogP contribution in [0.5, 0.6) is 5.75 Å². The van der Waals surface area contributed by atoms with Gasteiger partial charge >= 0.3 is 6.36 Å². The first-order valence-electron chi connectivity index (χ1n) is 9.99. The highest BCUT2D eigenvalue weighted by Crippen LogP contribution is 2.26. The van der Waals surface area contributed by atoms with Crippen molar-refractivity contribution in [2.45, 2.75) is 11.3 Å². The van der Waals surface area contributed by atoms with E-state index in [1.807, 2.05) is 11.0 Å². The molecule has 9 nitrogen and oxygen atoms in total. The molecular formula is C19H22F3N5O4S. The molecule has 0 aliphatic carbocycles. The van der Waals surface area contributed by atoms with Crippen LogP contribution in [0.15, 0.2) is 41.4 Å². The van der Waals surface area contributed by atoms with E-state index in [2.05, 4.69) is 19.8 Å². The van der Waals surface area contributed by atoms with E-state index in [4.69, 9.17) is 4.74 Å². The van der Waals surface area contributed by atoms with Crippen molar-refractivity contribution in [2.75, 3.05) is 62.3 Å². The molecule has 0 atom stereocenters. The summed E-state index contributed by atoms with van der Waals surface area (Å²) in [6.07, 6.45) is -3.14. The Hall–Kier alpha value is -2.64. The van der Waals surface area contributed by atoms with Gasteiger partial charge in [-0.25, -0.2) is 8.42 Å². The molecule has 4 rings (SSSR count). The zero-order chi connectivity index (χ0) is 22.8. The van der Waals surface area contributed by atoms with Crippen LogP contribution < -0.4 is 14.5 Å². The van der Waals surface area contributed by atoms with Gasteiger partial charge in [0.1, 0.15) is 5.75 Å². The Bertz CT molecular complexity index is 1020. The number of ether oxygens (including phenoxy) is 2. The number of morpholine rings is 1. The van der Waals surface area contributed by atoms with Gasteiger partial charge in [0, 0.05) is 45.3 Å². The minimum atomic E-state index is -4.83. The van der Waals surface area contributed by atoms with Crippen LogP contribution in [0, 0.1) is 0 Å². The van der Waals surface area contributed by atoms with Gasteiger partial charge in [0.05, 0.1) is 30.0 Å². The second kappa shape index (κ2) is 9.08. The third-order valence-corrected chi connectivity index (χ3v) is 7.17. The average Bonchev–Trinajstić information content (AvgIpc) is 2.79. The van der Waals surface area contributed by atoms with Crippen LogP contribution in [-0.4, -0.2) is 81.8 Å². The SMILES string of the molecule is O=S(=O)(c1ccc(OC(F)(F)F)cc1)N1CCN(c2cc(N3CCOCC3)cnn2)CC1. The summed E-state index contributed by atoms with van der Waals surface area (Å²) >= 11 is 0. The van der Waals surface area contributed by atoms with Crippen molar-refractivity contribution in [3.05, 3.63) is 36.5 Å². The van der Waals surface area contributed by atoms with E-state index >= 15 is 0 Å². The van der Waals surface area contributed by atoms with E-state index in [-0.39, 0.29) is 18.0 Å². The molecule has 2 aromatic rings. The standard InChI is InChI=1S/C19H22F3N5O4S/c20-19(21,22)31-16-1-3-17(4-2-16)32(28,29)27-7-5-26(6-8-27)18-13-15(14-23-24-18)25-9-11-30-12-10-25/h1-4,13-14H,5-12H2. The van der Waals surface area contributed by atoms with Crippen molar-refractivity contribution in [1.82, 2.24) is 14.5 Å². The Labute approximate surface area is 183 Å². The van der Waals surface area contributed by atoms with Crippen molar-refractivity contribution in [3.63, 3.8) is 0 Å². The number of anilines is 2. The molecule has 2 aliphatic heterocycles. The van der Waals surface area contributed by atoms with Gasteiger partial charge in [0.15, 0.2) is 5.82 Å². The molecule has 32 heavy (non-hydrogen) atoms. The van der Waals surface area contributed by atoms with E-state index in [0.29, 0.717) is 32.1 Å². The van der Waals surface area contributed by atoms with Gasteiger partial charge in [-0.2, -0.15) is 9.40 Å². The zero-order valence-corrected chi connectivity index (χ0v) is 17.8. The second-order valence-electron chi connectivity index (χ2n) is 7.28. The van der Waals surface area contributed by atoms with Crippen molar-refractivity contribution >= 4 is 21.5 Å². The molecule has 2 saturated heterocycles. The summed E-state index contributed by atoms with van der Waals surface area (Å²) in [5.41, 5.74) is 0.939. The van der Waals surface area contributed by atoms with Crippen LogP contribution in [-0.2, 0) is 14.8 Å². The fourth-order valence-electron chi connectivity index (χ4n) is 3.61. The topological polar surface area (TPSA) is 88.1 Å². The lowest BCUT2D eigenvalue weighted by molar-refractivity contribution is -0.274. The van der Waals surface area contributed by atoms with Crippen LogP contribution in [0.3, 0.4) is 0 Å². The molecule has 0 spiro atoms. The Kier molecular flexibility index (Phi) is 6.40. The number of piperazine rings is 1. The average molecular weight is 473 g/mol. The molecule has 174 valence electrons. The van der Waals surface area contributed by atoms with Gasteiger partial charge in [-0.05, 0) is 24.3 Å². The summed E-state index contributed by atoms with van der Waals surface area (Å²) in [6.45, 7) is 4.09. The molecule has 1 aromatic heterocycles. The predicted molar refractivity (Wildman–Crippen MR) is 109 cm³/mol. The highest BCUT2D eigenvalue weighted by molar-refractivity contribution is 7.89. The molecule has 0 unspecified atom stereocenters. The first-order valence-corrected chi connectivity index (χ1v) is 11.4. The highest BCUT2D eigenvalue weighted by atomic mass is 32.2. The fraction of sp³-hybridized carbons (Fsp3) is 0.474. The van der Waals surface area contributed by atoms with Gasteiger partial charge in [0.2, 0.25) is 10.0 Å². The maximum absolute atomic E-state index is 12.9. The summed E-state index contributed by atoms with van der Waals surface area (Å²) in [7, 11) is -3.84. The van der Waals surface area contributed by atoms with E-state index in [0.717, 1.165) is 43.0 Å². The molecule has 2 fully saturated rings. The molecule has 0 saturated carbocycles. The number of rotatable bonds is 5. The van der Waals surface area contributed by atoms with Crippen molar-refractivity contribution in [1.29, 1.82) is 0 Å². The highest BCUT2D eigenvalue weighted by Gasteiger charge is 2.32. The minimum absolute atomic E-state index is 0.0884. The molecule has 2 aliphatic rings. The predicted octanol–water partition coefficient (Wildman–Crippen LogP) is 1.72. The smallest absolute Gasteiger partial charge is 0.406 e. The maximum Gasteiger partial charge on any atom is 0.573 e. The Balaban J connectivity index is 1.40. The molecule has 1 aromatic carbocycles. The van der Waals surface area contributed by atoms with Crippen molar-refractivity contribution in [3.8, 4) is 5.75 Å². The van der Waals surface area contributed by atoms with Gasteiger partial charge in [-0.15, -0.1) is 18.3 Å². The summed E-state index contributed by atoms with van der Waals surface area (Å²) in [5, 5.41) is 8.27. The van der Waals surface area contributed by atoms with E-state index < -0.39 is 22.1 Å². The van der Waals surface area contributed by atoms with Crippen LogP contribution in [0.25, 0.3) is 0 Å². The van der Waals surface area contributed by atoms with Crippen LogP contribution in [0.2, 0.25) is 0 Å². The zero-order valence-electron chi connectivity index (χ0n) is 17.0. The Morgan fingerprint density at radius 3 is 2.22 bits per heavy atom. The molecule has 3 heterocycles. The minimum Gasteiger partial charge on any atom is -0.406 e. The van der Waals surface area contributed by atoms with Crippen LogP contribution in [0.4, 0.5) is 24.7 Å². The van der Waals surface area contributed by atoms with E-state index in [1.54, 1.807) is 6.20 Å². The number of aromatic nitrogens is 2. The number of hydrogen-bond donors (Lipinski definition) is 0. The quantitative estimate of drug-likeness (QED) is 0.649. The largest absolute Gasteiger partial charge is 0.573 e.